The fraction of sp³-hybridized carbons (Fsp3) is 1.00. The second-order valence-corrected chi connectivity index (χ2v) is 9.27. The van der Waals surface area contributed by atoms with E-state index < -0.39 is 42.2 Å². The van der Waals surface area contributed by atoms with E-state index in [0.29, 0.717) is 36.0 Å². The Morgan fingerprint density at radius 3 is 1.96 bits per heavy atom. The molecule has 1 heterocycles. The summed E-state index contributed by atoms with van der Waals surface area (Å²) in [4.78, 5) is 0. The molecule has 1 aliphatic heterocycles. The first-order chi connectivity index (χ1) is 11.5. The molecule has 2 nitrogen and oxygen atoms in total. The lowest BCUT2D eigenvalue weighted by Crippen LogP contribution is -2.69. The minimum Gasteiger partial charge on any atom is -0.354 e. The summed E-state index contributed by atoms with van der Waals surface area (Å²) in [6, 6.07) is 0. The van der Waals surface area contributed by atoms with Gasteiger partial charge in [-0.3, -0.25) is 0 Å². The largest absolute Gasteiger partial charge is 0.449 e. The zero-order valence-electron chi connectivity index (χ0n) is 14.1. The van der Waals surface area contributed by atoms with E-state index in [-0.39, 0.29) is 11.8 Å². The topological polar surface area (TPSA) is 29.5 Å². The Morgan fingerprint density at radius 1 is 0.880 bits per heavy atom. The third-order valence-electron chi connectivity index (χ3n) is 8.90. The quantitative estimate of drug-likeness (QED) is 0.520. The van der Waals surface area contributed by atoms with Gasteiger partial charge in [0.1, 0.15) is 0 Å². The highest BCUT2D eigenvalue weighted by Crippen LogP contribution is 2.75. The average molecular weight is 366 g/mol. The summed E-state index contributed by atoms with van der Waals surface area (Å²) in [7, 11) is 0. The summed E-state index contributed by atoms with van der Waals surface area (Å²) >= 11 is 0. The van der Waals surface area contributed by atoms with Gasteiger partial charge >= 0.3 is 17.9 Å². The summed E-state index contributed by atoms with van der Waals surface area (Å²) in [5, 5.41) is 9.78. The van der Waals surface area contributed by atoms with Gasteiger partial charge in [0.15, 0.2) is 0 Å². The highest BCUT2D eigenvalue weighted by Gasteiger charge is 2.82. The van der Waals surface area contributed by atoms with E-state index in [1.54, 1.807) is 0 Å². The number of hydrogen-bond acceptors (Lipinski definition) is 2. The first-order valence-electron chi connectivity index (χ1n) is 9.31. The normalized spacial score (nSPS) is 61.4. The molecule has 0 spiro atoms. The molecule has 0 amide bonds. The summed E-state index contributed by atoms with van der Waals surface area (Å²) in [6.45, 7) is 3.97. The minimum absolute atomic E-state index is 0.0219. The van der Waals surface area contributed by atoms with Crippen LogP contribution in [0.15, 0.2) is 0 Å². The minimum atomic E-state index is -5.50. The second-order valence-electron chi connectivity index (χ2n) is 9.27. The predicted octanol–water partition coefficient (Wildman–Crippen LogP) is 3.94. The van der Waals surface area contributed by atoms with Crippen molar-refractivity contribution in [2.24, 2.45) is 59.2 Å². The van der Waals surface area contributed by atoms with Crippen LogP contribution in [0.3, 0.4) is 0 Å². The van der Waals surface area contributed by atoms with Crippen LogP contribution < -0.4 is 0 Å². The first-order valence-corrected chi connectivity index (χ1v) is 9.31. The molecule has 5 rings (SSSR count). The number of fused-ring (bicyclic) bond motifs is 12. The van der Waals surface area contributed by atoms with Gasteiger partial charge in [0.25, 0.3) is 0 Å². The van der Waals surface area contributed by atoms with Gasteiger partial charge < -0.3 is 9.84 Å². The van der Waals surface area contributed by atoms with Crippen molar-refractivity contribution in [3.8, 4) is 0 Å². The van der Waals surface area contributed by atoms with Crippen molar-refractivity contribution in [1.29, 1.82) is 0 Å². The van der Waals surface area contributed by atoms with Crippen molar-refractivity contribution in [3.63, 3.8) is 0 Å². The lowest BCUT2D eigenvalue weighted by molar-refractivity contribution is -0.463. The van der Waals surface area contributed by atoms with E-state index in [9.17, 15) is 27.1 Å². The summed E-state index contributed by atoms with van der Waals surface area (Å²) < 4.78 is 73.9. The molecule has 11 unspecified atom stereocenters. The Kier molecular flexibility index (Phi) is 3.02. The van der Waals surface area contributed by atoms with Gasteiger partial charge in [0.05, 0.1) is 6.61 Å². The molecule has 4 bridgehead atoms. The van der Waals surface area contributed by atoms with Gasteiger partial charge in [-0.25, -0.2) is 0 Å². The molecular formula is C18H23F5O2. The highest BCUT2D eigenvalue weighted by atomic mass is 19.4. The van der Waals surface area contributed by atoms with Gasteiger partial charge in [0, 0.05) is 5.92 Å². The first kappa shape index (κ1) is 16.7. The van der Waals surface area contributed by atoms with Crippen molar-refractivity contribution in [1.82, 2.24) is 0 Å². The van der Waals surface area contributed by atoms with Crippen molar-refractivity contribution in [2.45, 2.75) is 44.6 Å². The van der Waals surface area contributed by atoms with Crippen LogP contribution in [0, 0.1) is 59.2 Å². The standard InChI is InChI=1S/C18H23F5O2/c1-6-7(2)9-3-8(6)13-10-4-11(14(9)13)15-12(10)5-25-17(24,16(15,19)20)18(21,22)23/h6-15,24H,3-5H2,1-2H3. The number of rotatable bonds is 0. The van der Waals surface area contributed by atoms with Crippen molar-refractivity contribution >= 4 is 0 Å². The van der Waals surface area contributed by atoms with E-state index in [0.717, 1.165) is 6.42 Å². The number of alkyl halides is 5. The molecule has 0 radical (unpaired) electrons. The van der Waals surface area contributed by atoms with E-state index in [1.807, 2.05) is 0 Å². The van der Waals surface area contributed by atoms with E-state index in [1.165, 1.54) is 0 Å². The average Bonchev–Trinajstić information content (AvgIpc) is 3.21. The van der Waals surface area contributed by atoms with E-state index >= 15 is 0 Å². The van der Waals surface area contributed by atoms with Gasteiger partial charge in [0.2, 0.25) is 0 Å². The molecule has 1 N–H and O–H groups in total. The lowest BCUT2D eigenvalue weighted by atomic mass is 9.57. The molecule has 142 valence electrons. The molecule has 25 heavy (non-hydrogen) atoms. The number of hydrogen-bond donors (Lipinski definition) is 1. The van der Waals surface area contributed by atoms with Crippen LogP contribution in [0.4, 0.5) is 22.0 Å². The van der Waals surface area contributed by atoms with Crippen LogP contribution in [-0.4, -0.2) is 29.6 Å². The van der Waals surface area contributed by atoms with Crippen molar-refractivity contribution < 1.29 is 31.8 Å². The molecule has 5 fully saturated rings. The third-order valence-corrected chi connectivity index (χ3v) is 8.90. The highest BCUT2D eigenvalue weighted by molar-refractivity contribution is 5.20. The van der Waals surface area contributed by atoms with Gasteiger partial charge in [-0.2, -0.15) is 22.0 Å². The van der Waals surface area contributed by atoms with E-state index in [4.69, 9.17) is 0 Å². The van der Waals surface area contributed by atoms with Crippen LogP contribution >= 0.6 is 0 Å². The van der Waals surface area contributed by atoms with Crippen molar-refractivity contribution in [2.75, 3.05) is 6.61 Å². The number of aliphatic hydroxyl groups is 1. The third kappa shape index (κ3) is 1.65. The molecule has 4 saturated carbocycles. The van der Waals surface area contributed by atoms with E-state index in [2.05, 4.69) is 18.6 Å². The summed E-state index contributed by atoms with van der Waals surface area (Å²) in [6.07, 6.45) is -3.90. The Labute approximate surface area is 143 Å². The molecule has 5 aliphatic rings. The Hall–Kier alpha value is -0.430. The predicted molar refractivity (Wildman–Crippen MR) is 77.4 cm³/mol. The lowest BCUT2D eigenvalue weighted by Gasteiger charge is -2.54. The van der Waals surface area contributed by atoms with Crippen LogP contribution in [0.5, 0.6) is 0 Å². The number of ether oxygens (including phenoxy) is 1. The molecule has 4 aliphatic carbocycles. The molecular weight excluding hydrogens is 343 g/mol. The van der Waals surface area contributed by atoms with Crippen LogP contribution in [0.2, 0.25) is 0 Å². The Bertz CT molecular complexity index is 607. The smallest absolute Gasteiger partial charge is 0.354 e. The maximum atomic E-state index is 14.9. The molecule has 0 aromatic heterocycles. The SMILES string of the molecule is CC1C(C)C2CC1C1C3CC(C21)C1C3COC(O)(C(F)(F)F)C1(F)F. The zero-order valence-corrected chi connectivity index (χ0v) is 14.1. The molecule has 0 aromatic rings. The summed E-state index contributed by atoms with van der Waals surface area (Å²) in [5.74, 6) is -8.70. The van der Waals surface area contributed by atoms with Gasteiger partial charge in [-0.05, 0) is 66.1 Å². The van der Waals surface area contributed by atoms with Crippen LogP contribution in [-0.2, 0) is 4.74 Å². The fourth-order valence-corrected chi connectivity index (χ4v) is 7.95. The molecule has 1 saturated heterocycles. The second kappa shape index (κ2) is 4.51. The van der Waals surface area contributed by atoms with Gasteiger partial charge in [-0.15, -0.1) is 0 Å². The fourth-order valence-electron chi connectivity index (χ4n) is 7.95. The van der Waals surface area contributed by atoms with Gasteiger partial charge in [-0.1, -0.05) is 13.8 Å². The monoisotopic (exact) mass is 366 g/mol. The zero-order chi connectivity index (χ0) is 18.1. The molecule has 0 aromatic carbocycles. The van der Waals surface area contributed by atoms with Crippen molar-refractivity contribution in [3.05, 3.63) is 0 Å². The Balaban J connectivity index is 1.54. The number of halogens is 5. The maximum absolute atomic E-state index is 14.9. The summed E-state index contributed by atoms with van der Waals surface area (Å²) in [5.41, 5.74) is 0. The van der Waals surface area contributed by atoms with Crippen LogP contribution in [0.25, 0.3) is 0 Å². The maximum Gasteiger partial charge on any atom is 0.449 e. The molecule has 7 heteroatoms. The molecule has 11 atom stereocenters. The van der Waals surface area contributed by atoms with Crippen LogP contribution in [0.1, 0.15) is 26.7 Å². The Morgan fingerprint density at radius 2 is 1.40 bits per heavy atom.